The van der Waals surface area contributed by atoms with Gasteiger partial charge in [-0.25, -0.2) is 0 Å². The lowest BCUT2D eigenvalue weighted by atomic mass is 10.2. The lowest BCUT2D eigenvalue weighted by molar-refractivity contribution is 0.516. The van der Waals surface area contributed by atoms with E-state index in [2.05, 4.69) is 56.2 Å². The fraction of sp³-hybridized carbons (Fsp3) is 0.167. The van der Waals surface area contributed by atoms with Gasteiger partial charge in [0.1, 0.15) is 5.76 Å². The van der Waals surface area contributed by atoms with Crippen LogP contribution in [0.25, 0.3) is 0 Å². The molecule has 0 fully saturated rings. The lowest BCUT2D eigenvalue weighted by Gasteiger charge is -2.08. The monoisotopic (exact) mass is 343 g/mol. The first-order valence-corrected chi connectivity index (χ1v) is 6.47. The number of aryl methyl sites for hydroxylation is 1. The third kappa shape index (κ3) is 2.68. The third-order valence-electron chi connectivity index (χ3n) is 2.32. The molecular formula is C12H11Br2NO. The van der Waals surface area contributed by atoms with Crippen molar-refractivity contribution in [3.8, 4) is 0 Å². The second-order valence-electron chi connectivity index (χ2n) is 3.50. The van der Waals surface area contributed by atoms with Gasteiger partial charge in [0, 0.05) is 10.2 Å². The summed E-state index contributed by atoms with van der Waals surface area (Å²) in [5.74, 6) is 0.905. The van der Waals surface area contributed by atoms with Crippen molar-refractivity contribution in [2.75, 3.05) is 5.32 Å². The number of benzene rings is 1. The molecule has 4 heteroatoms. The standard InChI is InChI=1S/C12H11Br2NO/c1-8-6-9(13)2-3-11(8)15-7-12-10(14)4-5-16-12/h2-6,15H,7H2,1H3. The van der Waals surface area contributed by atoms with Crippen LogP contribution >= 0.6 is 31.9 Å². The Kier molecular flexibility index (Phi) is 3.71. The van der Waals surface area contributed by atoms with Gasteiger partial charge < -0.3 is 9.73 Å². The highest BCUT2D eigenvalue weighted by Gasteiger charge is 2.04. The van der Waals surface area contributed by atoms with Gasteiger partial charge in [-0.3, -0.25) is 0 Å². The molecule has 0 aliphatic carbocycles. The summed E-state index contributed by atoms with van der Waals surface area (Å²) in [4.78, 5) is 0. The molecule has 1 aromatic heterocycles. The number of hydrogen-bond donors (Lipinski definition) is 1. The van der Waals surface area contributed by atoms with Crippen LogP contribution in [0.4, 0.5) is 5.69 Å². The Hall–Kier alpha value is -0.740. The van der Waals surface area contributed by atoms with Crippen LogP contribution in [0.3, 0.4) is 0 Å². The smallest absolute Gasteiger partial charge is 0.136 e. The highest BCUT2D eigenvalue weighted by molar-refractivity contribution is 9.10. The average molecular weight is 345 g/mol. The van der Waals surface area contributed by atoms with Gasteiger partial charge >= 0.3 is 0 Å². The summed E-state index contributed by atoms with van der Waals surface area (Å²) < 4.78 is 7.42. The summed E-state index contributed by atoms with van der Waals surface area (Å²) in [5.41, 5.74) is 2.32. The first-order valence-electron chi connectivity index (χ1n) is 4.88. The van der Waals surface area contributed by atoms with Crippen LogP contribution in [0, 0.1) is 6.92 Å². The highest BCUT2D eigenvalue weighted by Crippen LogP contribution is 2.22. The summed E-state index contributed by atoms with van der Waals surface area (Å²) >= 11 is 6.87. The molecule has 2 rings (SSSR count). The van der Waals surface area contributed by atoms with Crippen LogP contribution in [-0.2, 0) is 6.54 Å². The van der Waals surface area contributed by atoms with Crippen molar-refractivity contribution in [3.05, 3.63) is 50.8 Å². The zero-order chi connectivity index (χ0) is 11.5. The average Bonchev–Trinajstić information content (AvgIpc) is 2.63. The Bertz CT molecular complexity index is 494. The fourth-order valence-electron chi connectivity index (χ4n) is 1.45. The molecule has 2 aromatic rings. The van der Waals surface area contributed by atoms with Crippen LogP contribution in [0.15, 0.2) is 43.9 Å². The number of halogens is 2. The van der Waals surface area contributed by atoms with E-state index in [1.54, 1.807) is 6.26 Å². The van der Waals surface area contributed by atoms with E-state index in [1.807, 2.05) is 12.1 Å². The summed E-state index contributed by atoms with van der Waals surface area (Å²) in [6.07, 6.45) is 1.68. The molecule has 1 N–H and O–H groups in total. The van der Waals surface area contributed by atoms with Crippen molar-refractivity contribution in [1.29, 1.82) is 0 Å². The second kappa shape index (κ2) is 5.06. The number of nitrogens with one attached hydrogen (secondary N) is 1. The number of hydrogen-bond acceptors (Lipinski definition) is 2. The van der Waals surface area contributed by atoms with Crippen molar-refractivity contribution in [2.45, 2.75) is 13.5 Å². The summed E-state index contributed by atoms with van der Waals surface area (Å²) in [6.45, 7) is 2.75. The van der Waals surface area contributed by atoms with Crippen LogP contribution in [0.5, 0.6) is 0 Å². The topological polar surface area (TPSA) is 25.2 Å². The van der Waals surface area contributed by atoms with E-state index in [9.17, 15) is 0 Å². The quantitative estimate of drug-likeness (QED) is 0.871. The molecular weight excluding hydrogens is 334 g/mol. The molecule has 1 aromatic carbocycles. The molecule has 0 bridgehead atoms. The molecule has 0 unspecified atom stereocenters. The van der Waals surface area contributed by atoms with Gasteiger partial charge in [0.15, 0.2) is 0 Å². The van der Waals surface area contributed by atoms with Gasteiger partial charge in [-0.1, -0.05) is 15.9 Å². The molecule has 0 aliphatic rings. The SMILES string of the molecule is Cc1cc(Br)ccc1NCc1occc1Br. The van der Waals surface area contributed by atoms with Crippen molar-refractivity contribution in [1.82, 2.24) is 0 Å². The van der Waals surface area contributed by atoms with Gasteiger partial charge in [-0.05, 0) is 52.7 Å². The Labute approximate surface area is 111 Å². The molecule has 0 spiro atoms. The second-order valence-corrected chi connectivity index (χ2v) is 5.27. The largest absolute Gasteiger partial charge is 0.466 e. The lowest BCUT2D eigenvalue weighted by Crippen LogP contribution is -2.00. The van der Waals surface area contributed by atoms with Crippen molar-refractivity contribution < 1.29 is 4.42 Å². The van der Waals surface area contributed by atoms with E-state index < -0.39 is 0 Å². The van der Waals surface area contributed by atoms with E-state index >= 15 is 0 Å². The predicted molar refractivity (Wildman–Crippen MR) is 72.6 cm³/mol. The molecule has 0 aliphatic heterocycles. The Morgan fingerprint density at radius 2 is 2.06 bits per heavy atom. The zero-order valence-electron chi connectivity index (χ0n) is 8.76. The molecule has 0 saturated carbocycles. The normalized spacial score (nSPS) is 10.4. The number of rotatable bonds is 3. The molecule has 0 saturated heterocycles. The van der Waals surface area contributed by atoms with Crippen LogP contribution in [0.2, 0.25) is 0 Å². The Morgan fingerprint density at radius 1 is 1.25 bits per heavy atom. The number of anilines is 1. The maximum Gasteiger partial charge on any atom is 0.136 e. The first kappa shape index (κ1) is 11.7. The maximum atomic E-state index is 5.33. The van der Waals surface area contributed by atoms with Gasteiger partial charge in [-0.2, -0.15) is 0 Å². The Morgan fingerprint density at radius 3 is 2.69 bits per heavy atom. The van der Waals surface area contributed by atoms with E-state index in [-0.39, 0.29) is 0 Å². The van der Waals surface area contributed by atoms with Crippen molar-refractivity contribution in [3.63, 3.8) is 0 Å². The van der Waals surface area contributed by atoms with E-state index in [0.29, 0.717) is 6.54 Å². The molecule has 1 heterocycles. The minimum Gasteiger partial charge on any atom is -0.466 e. The van der Waals surface area contributed by atoms with Gasteiger partial charge in [0.05, 0.1) is 17.3 Å². The van der Waals surface area contributed by atoms with Crippen LogP contribution < -0.4 is 5.32 Å². The summed E-state index contributed by atoms with van der Waals surface area (Å²) in [5, 5.41) is 3.34. The van der Waals surface area contributed by atoms with E-state index in [0.717, 1.165) is 20.4 Å². The summed E-state index contributed by atoms with van der Waals surface area (Å²) in [6, 6.07) is 8.05. The van der Waals surface area contributed by atoms with Crippen LogP contribution in [0.1, 0.15) is 11.3 Å². The highest BCUT2D eigenvalue weighted by atomic mass is 79.9. The van der Waals surface area contributed by atoms with Crippen LogP contribution in [-0.4, -0.2) is 0 Å². The van der Waals surface area contributed by atoms with Gasteiger partial charge in [0.2, 0.25) is 0 Å². The maximum absolute atomic E-state index is 5.33. The summed E-state index contributed by atoms with van der Waals surface area (Å²) in [7, 11) is 0. The number of furan rings is 1. The first-order chi connectivity index (χ1) is 7.66. The third-order valence-corrected chi connectivity index (χ3v) is 3.52. The molecule has 84 valence electrons. The fourth-order valence-corrected chi connectivity index (χ4v) is 2.27. The minimum atomic E-state index is 0.677. The molecule has 16 heavy (non-hydrogen) atoms. The molecule has 2 nitrogen and oxygen atoms in total. The van der Waals surface area contributed by atoms with E-state index in [4.69, 9.17) is 4.42 Å². The molecule has 0 radical (unpaired) electrons. The van der Waals surface area contributed by atoms with Crippen molar-refractivity contribution in [2.24, 2.45) is 0 Å². The predicted octanol–water partition coefficient (Wildman–Crippen LogP) is 4.73. The van der Waals surface area contributed by atoms with Gasteiger partial charge in [0.25, 0.3) is 0 Å². The molecule has 0 atom stereocenters. The van der Waals surface area contributed by atoms with Gasteiger partial charge in [-0.15, -0.1) is 0 Å². The van der Waals surface area contributed by atoms with E-state index in [1.165, 1.54) is 5.56 Å². The Balaban J connectivity index is 2.08. The minimum absolute atomic E-state index is 0.677. The molecule has 0 amide bonds. The zero-order valence-corrected chi connectivity index (χ0v) is 11.9. The van der Waals surface area contributed by atoms with Crippen molar-refractivity contribution >= 4 is 37.5 Å².